The van der Waals surface area contributed by atoms with Crippen LogP contribution >= 0.6 is 11.8 Å². The molecule has 0 bridgehead atoms. The van der Waals surface area contributed by atoms with Gasteiger partial charge in [-0.05, 0) is 12.1 Å². The summed E-state index contributed by atoms with van der Waals surface area (Å²) in [5.74, 6) is 7.40. The van der Waals surface area contributed by atoms with Gasteiger partial charge in [0.1, 0.15) is 5.82 Å². The number of thioether (sulfide) groups is 1. The van der Waals surface area contributed by atoms with E-state index in [0.717, 1.165) is 5.56 Å². The highest BCUT2D eigenvalue weighted by Crippen LogP contribution is 2.25. The molecule has 4 rings (SSSR count). The molecule has 0 saturated carbocycles. The molecule has 0 spiro atoms. The number of hydrogen-bond donors (Lipinski definition) is 1. The highest BCUT2D eigenvalue weighted by molar-refractivity contribution is 7.98. The molecule has 2 N–H and O–H groups in total. The number of halogens is 1. The Kier molecular flexibility index (Phi) is 4.36. The summed E-state index contributed by atoms with van der Waals surface area (Å²) in [4.78, 5) is 4.36. The summed E-state index contributed by atoms with van der Waals surface area (Å²) in [6, 6.07) is 15.6. The van der Waals surface area contributed by atoms with Gasteiger partial charge in [-0.25, -0.2) is 9.07 Å². The van der Waals surface area contributed by atoms with E-state index in [-0.39, 0.29) is 5.82 Å². The van der Waals surface area contributed by atoms with Crippen molar-refractivity contribution in [2.45, 2.75) is 10.9 Å². The second kappa shape index (κ2) is 6.96. The minimum atomic E-state index is -0.362. The highest BCUT2D eigenvalue weighted by atomic mass is 32.2. The van der Waals surface area contributed by atoms with Crippen molar-refractivity contribution < 1.29 is 8.91 Å². The zero-order valence-electron chi connectivity index (χ0n) is 13.4. The molecule has 2 aromatic heterocycles. The van der Waals surface area contributed by atoms with Gasteiger partial charge in [-0.3, -0.25) is 0 Å². The van der Waals surface area contributed by atoms with E-state index in [0.29, 0.717) is 34.0 Å². The molecular weight excluding hydrogens is 355 g/mol. The Morgan fingerprint density at radius 1 is 1.04 bits per heavy atom. The molecule has 4 aromatic rings. The predicted octanol–water partition coefficient (Wildman–Crippen LogP) is 3.14. The maximum atomic E-state index is 13.4. The number of nitrogens with zero attached hydrogens (tertiary/aromatic N) is 5. The molecule has 7 nitrogen and oxygen atoms in total. The lowest BCUT2D eigenvalue weighted by atomic mass is 10.2. The average Bonchev–Trinajstić information content (AvgIpc) is 3.28. The Hall–Kier alpha value is -3.20. The maximum absolute atomic E-state index is 13.4. The number of hydrogen-bond acceptors (Lipinski definition) is 7. The molecule has 2 heterocycles. The van der Waals surface area contributed by atoms with Gasteiger partial charge in [0.05, 0.1) is 5.75 Å². The maximum Gasteiger partial charge on any atom is 0.237 e. The second-order valence-corrected chi connectivity index (χ2v) is 6.30. The lowest BCUT2D eigenvalue weighted by Gasteiger charge is -2.02. The second-order valence-electron chi connectivity index (χ2n) is 5.35. The quantitative estimate of drug-likeness (QED) is 0.427. The standard InChI is InChI=1S/C17H13FN6OS/c18-13-8-4-7-12(9-13)16-21-22-17(24(16)19)26-10-14-20-15(23-25-14)11-5-2-1-3-6-11/h1-9H,10,19H2. The molecule has 0 saturated heterocycles. The van der Waals surface area contributed by atoms with Crippen molar-refractivity contribution in [3.8, 4) is 22.8 Å². The van der Waals surface area contributed by atoms with E-state index in [4.69, 9.17) is 10.4 Å². The summed E-state index contributed by atoms with van der Waals surface area (Å²) in [5.41, 5.74) is 1.43. The number of aromatic nitrogens is 5. The van der Waals surface area contributed by atoms with Crippen LogP contribution in [0.15, 0.2) is 64.3 Å². The lowest BCUT2D eigenvalue weighted by molar-refractivity contribution is 0.391. The van der Waals surface area contributed by atoms with Crippen LogP contribution in [-0.4, -0.2) is 25.0 Å². The van der Waals surface area contributed by atoms with Gasteiger partial charge in [-0.15, -0.1) is 10.2 Å². The Balaban J connectivity index is 1.48. The van der Waals surface area contributed by atoms with E-state index >= 15 is 0 Å². The monoisotopic (exact) mass is 368 g/mol. The lowest BCUT2D eigenvalue weighted by Crippen LogP contribution is -2.11. The summed E-state index contributed by atoms with van der Waals surface area (Å²) in [7, 11) is 0. The zero-order valence-corrected chi connectivity index (χ0v) is 14.2. The first-order chi connectivity index (χ1) is 12.7. The number of nitrogens with two attached hydrogens (primary N) is 1. The van der Waals surface area contributed by atoms with Crippen molar-refractivity contribution in [2.75, 3.05) is 5.84 Å². The fourth-order valence-electron chi connectivity index (χ4n) is 2.34. The van der Waals surface area contributed by atoms with Crippen LogP contribution in [0.3, 0.4) is 0 Å². The van der Waals surface area contributed by atoms with Gasteiger partial charge in [0.15, 0.2) is 5.82 Å². The zero-order chi connectivity index (χ0) is 17.9. The molecule has 0 aliphatic carbocycles. The highest BCUT2D eigenvalue weighted by Gasteiger charge is 2.15. The first-order valence-electron chi connectivity index (χ1n) is 7.68. The molecule has 0 amide bonds. The third kappa shape index (κ3) is 3.29. The van der Waals surface area contributed by atoms with Crippen LogP contribution in [-0.2, 0) is 5.75 Å². The van der Waals surface area contributed by atoms with E-state index < -0.39 is 0 Å². The molecule has 0 radical (unpaired) electrons. The van der Waals surface area contributed by atoms with Crippen molar-refractivity contribution in [3.05, 3.63) is 66.3 Å². The molecule has 0 fully saturated rings. The van der Waals surface area contributed by atoms with Gasteiger partial charge < -0.3 is 10.4 Å². The van der Waals surface area contributed by atoms with E-state index in [1.165, 1.54) is 28.6 Å². The van der Waals surface area contributed by atoms with E-state index in [1.807, 2.05) is 30.3 Å². The van der Waals surface area contributed by atoms with E-state index in [1.54, 1.807) is 12.1 Å². The normalized spacial score (nSPS) is 11.0. The Bertz CT molecular complexity index is 1030. The van der Waals surface area contributed by atoms with Gasteiger partial charge in [-0.2, -0.15) is 4.98 Å². The van der Waals surface area contributed by atoms with Gasteiger partial charge in [-0.1, -0.05) is 59.4 Å². The average molecular weight is 368 g/mol. The molecule has 130 valence electrons. The smallest absolute Gasteiger partial charge is 0.237 e. The topological polar surface area (TPSA) is 95.7 Å². The van der Waals surface area contributed by atoms with E-state index in [2.05, 4.69) is 20.3 Å². The van der Waals surface area contributed by atoms with Crippen LogP contribution in [0.5, 0.6) is 0 Å². The van der Waals surface area contributed by atoms with Gasteiger partial charge in [0.25, 0.3) is 0 Å². The van der Waals surface area contributed by atoms with Crippen LogP contribution < -0.4 is 5.84 Å². The number of nitrogen functional groups attached to an aromatic ring is 1. The minimum Gasteiger partial charge on any atom is -0.338 e. The first kappa shape index (κ1) is 16.3. The summed E-state index contributed by atoms with van der Waals surface area (Å²) in [6.45, 7) is 0. The molecular formula is C17H13FN6OS. The van der Waals surface area contributed by atoms with Crippen molar-refractivity contribution in [2.24, 2.45) is 0 Å². The molecule has 0 atom stereocenters. The van der Waals surface area contributed by atoms with E-state index in [9.17, 15) is 4.39 Å². The largest absolute Gasteiger partial charge is 0.338 e. The van der Waals surface area contributed by atoms with Crippen molar-refractivity contribution in [1.29, 1.82) is 0 Å². The Morgan fingerprint density at radius 3 is 2.65 bits per heavy atom. The molecule has 2 aromatic carbocycles. The van der Waals surface area contributed by atoms with Gasteiger partial charge in [0.2, 0.25) is 16.9 Å². The molecule has 26 heavy (non-hydrogen) atoms. The van der Waals surface area contributed by atoms with Crippen LogP contribution in [0.1, 0.15) is 5.89 Å². The molecule has 9 heteroatoms. The molecule has 0 unspecified atom stereocenters. The summed E-state index contributed by atoms with van der Waals surface area (Å²) in [6.07, 6.45) is 0. The third-order valence-corrected chi connectivity index (χ3v) is 4.50. The van der Waals surface area contributed by atoms with Crippen LogP contribution in [0, 0.1) is 5.82 Å². The van der Waals surface area contributed by atoms with Gasteiger partial charge in [0, 0.05) is 11.1 Å². The Morgan fingerprint density at radius 2 is 1.85 bits per heavy atom. The van der Waals surface area contributed by atoms with Gasteiger partial charge >= 0.3 is 0 Å². The van der Waals surface area contributed by atoms with Crippen molar-refractivity contribution >= 4 is 11.8 Å². The predicted molar refractivity (Wildman–Crippen MR) is 94.9 cm³/mol. The molecule has 0 aliphatic heterocycles. The van der Waals surface area contributed by atoms with Crippen molar-refractivity contribution in [1.82, 2.24) is 25.0 Å². The van der Waals surface area contributed by atoms with Crippen LogP contribution in [0.4, 0.5) is 4.39 Å². The van der Waals surface area contributed by atoms with Crippen LogP contribution in [0.2, 0.25) is 0 Å². The fraction of sp³-hybridized carbons (Fsp3) is 0.0588. The summed E-state index contributed by atoms with van der Waals surface area (Å²) < 4.78 is 19.9. The number of benzene rings is 2. The summed E-state index contributed by atoms with van der Waals surface area (Å²) in [5, 5.41) is 12.5. The minimum absolute atomic E-state index is 0.362. The van der Waals surface area contributed by atoms with Crippen molar-refractivity contribution in [3.63, 3.8) is 0 Å². The third-order valence-electron chi connectivity index (χ3n) is 3.57. The number of rotatable bonds is 5. The summed E-state index contributed by atoms with van der Waals surface area (Å²) >= 11 is 1.30. The van der Waals surface area contributed by atoms with Crippen LogP contribution in [0.25, 0.3) is 22.8 Å². The first-order valence-corrected chi connectivity index (χ1v) is 8.66. The SMILES string of the molecule is Nn1c(SCc2nc(-c3ccccc3)no2)nnc1-c1cccc(F)c1. The molecule has 0 aliphatic rings. The Labute approximate surface area is 152 Å². The fourth-order valence-corrected chi connectivity index (χ4v) is 3.04.